The van der Waals surface area contributed by atoms with Crippen LogP contribution >= 0.6 is 0 Å². The van der Waals surface area contributed by atoms with Crippen LogP contribution in [0.5, 0.6) is 0 Å². The van der Waals surface area contributed by atoms with Gasteiger partial charge in [0, 0.05) is 35.6 Å². The zero-order chi connectivity index (χ0) is 8.12. The Morgan fingerprint density at radius 3 is 0.727 bits per heavy atom. The SMILES string of the molecule is [La].[MgH2].[O]=[Al][OH].[O]=[Al][OH].[O]=[Al][OH]. The molecule has 0 unspecified atom stereocenters. The van der Waals surface area contributed by atoms with Crippen LogP contribution in [0.3, 0.4) is 0 Å². The Labute approximate surface area is 127 Å². The number of hydrogen-bond acceptors (Lipinski definition) is 3. The first-order valence-electron chi connectivity index (χ1n) is 1.48. The van der Waals surface area contributed by atoms with Crippen molar-refractivity contribution in [2.45, 2.75) is 0 Å². The van der Waals surface area contributed by atoms with Crippen molar-refractivity contribution in [2.24, 2.45) is 0 Å². The molecule has 0 amide bonds. The third-order valence-electron chi connectivity index (χ3n) is 0. The molecule has 0 atom stereocenters. The van der Waals surface area contributed by atoms with Crippen molar-refractivity contribution in [2.75, 3.05) is 0 Å². The second kappa shape index (κ2) is 55.5. The van der Waals surface area contributed by atoms with E-state index in [-0.39, 0.29) is 58.7 Å². The van der Waals surface area contributed by atoms with Crippen LogP contribution in [0.15, 0.2) is 0 Å². The Kier molecular flexibility index (Phi) is 147. The number of rotatable bonds is 0. The molecule has 0 aromatic rings. The van der Waals surface area contributed by atoms with Crippen molar-refractivity contribution in [1.29, 1.82) is 0 Å². The topological polar surface area (TPSA) is 112 Å². The standard InChI is InChI=1S/3Al.La.Mg.3H2O.3O.2H/h;;;;;3*1H2;;;;;/q3*+1;;;;;;;;;;/p-3. The second-order valence-corrected chi connectivity index (χ2v) is 0.949. The second-order valence-electron chi connectivity index (χ2n) is 0.316. The summed E-state index contributed by atoms with van der Waals surface area (Å²) in [7, 11) is 0. The van der Waals surface area contributed by atoms with Gasteiger partial charge < -0.3 is 0 Å². The van der Waals surface area contributed by atoms with Crippen molar-refractivity contribution in [3.63, 3.8) is 0 Å². The summed E-state index contributed by atoms with van der Waals surface area (Å²) in [5.41, 5.74) is 0. The van der Waals surface area contributed by atoms with Gasteiger partial charge in [-0.1, -0.05) is 0 Å². The van der Waals surface area contributed by atoms with E-state index < -0.39 is 46.5 Å². The van der Waals surface area contributed by atoms with E-state index in [0.717, 1.165) is 0 Å². The molecule has 0 aromatic heterocycles. The average Bonchev–Trinajstić information content (AvgIpc) is 1.70. The zero-order valence-corrected chi connectivity index (χ0v) is 12.0. The van der Waals surface area contributed by atoms with Gasteiger partial charge in [0.25, 0.3) is 0 Å². The average molecular weight is 345 g/mol. The maximum atomic E-state index is 8.57. The van der Waals surface area contributed by atoms with Crippen LogP contribution < -0.4 is 0 Å². The fourth-order valence-corrected chi connectivity index (χ4v) is 0. The van der Waals surface area contributed by atoms with Gasteiger partial charge in [-0.05, 0) is 0 Å². The molecule has 6 nitrogen and oxygen atoms in total. The summed E-state index contributed by atoms with van der Waals surface area (Å²) in [6.07, 6.45) is 0. The number of hydrogen-bond donors (Lipinski definition) is 3. The molecule has 0 aliphatic rings. The van der Waals surface area contributed by atoms with Gasteiger partial charge in [-0.25, -0.2) is 0 Å². The Hall–Kier alpha value is 2.36. The van der Waals surface area contributed by atoms with Crippen molar-refractivity contribution >= 4 is 69.5 Å². The van der Waals surface area contributed by atoms with Gasteiger partial charge in [0.2, 0.25) is 0 Å². The molecule has 0 saturated carbocycles. The summed E-state index contributed by atoms with van der Waals surface area (Å²) in [4.78, 5) is 0. The van der Waals surface area contributed by atoms with Crippen molar-refractivity contribution in [3.8, 4) is 0 Å². The molecule has 0 rings (SSSR count). The van der Waals surface area contributed by atoms with E-state index >= 15 is 0 Å². The summed E-state index contributed by atoms with van der Waals surface area (Å²) in [5.74, 6) is 0. The van der Waals surface area contributed by atoms with Gasteiger partial charge >= 0.3 is 93.4 Å². The zero-order valence-electron chi connectivity index (χ0n) is 4.88. The fourth-order valence-electron chi connectivity index (χ4n) is 0. The van der Waals surface area contributed by atoms with Crippen molar-refractivity contribution in [1.82, 2.24) is 0 Å². The summed E-state index contributed by atoms with van der Waals surface area (Å²) < 4.78 is 47.0. The first kappa shape index (κ1) is 29.2. The van der Waals surface area contributed by atoms with Crippen LogP contribution in [0.4, 0.5) is 0 Å². The van der Waals surface area contributed by atoms with E-state index in [0.29, 0.717) is 0 Å². The molecule has 0 aromatic carbocycles. The Bertz CT molecular complexity index is 54.6. The van der Waals surface area contributed by atoms with Crippen LogP contribution in [-0.2, 0) is 11.4 Å². The molecule has 0 bridgehead atoms. The van der Waals surface area contributed by atoms with Gasteiger partial charge in [0.15, 0.2) is 0 Å². The summed E-state index contributed by atoms with van der Waals surface area (Å²) in [6, 6.07) is 0. The van der Waals surface area contributed by atoms with E-state index in [1.165, 1.54) is 0 Å². The molecule has 0 spiro atoms. The molecule has 0 aliphatic carbocycles. The normalized spacial score (nSPS) is 2.18. The quantitative estimate of drug-likeness (QED) is 0.385. The molecular weight excluding hydrogens is 340 g/mol. The Balaban J connectivity index is -0.0000000150. The van der Waals surface area contributed by atoms with Crippen molar-refractivity contribution in [3.05, 3.63) is 0 Å². The summed E-state index contributed by atoms with van der Waals surface area (Å²) in [6.45, 7) is 0. The molecule has 0 aliphatic heterocycles. The van der Waals surface area contributed by atoms with E-state index in [2.05, 4.69) is 0 Å². The molecule has 1 radical (unpaired) electrons. The third-order valence-corrected chi connectivity index (χ3v) is 0. The summed E-state index contributed by atoms with van der Waals surface area (Å²) in [5, 5.41) is 0. The predicted molar refractivity (Wildman–Crippen MR) is 34.5 cm³/mol. The van der Waals surface area contributed by atoms with Gasteiger partial charge in [-0.15, -0.1) is 0 Å². The predicted octanol–water partition coefficient (Wildman–Crippen LogP) is -4.09. The van der Waals surface area contributed by atoms with Crippen LogP contribution in [0.2, 0.25) is 0 Å². The van der Waals surface area contributed by atoms with Crippen molar-refractivity contribution < 1.29 is 59.5 Å². The molecule has 0 fully saturated rings. The van der Waals surface area contributed by atoms with Gasteiger partial charge in [0.1, 0.15) is 0 Å². The van der Waals surface area contributed by atoms with Gasteiger partial charge in [-0.2, -0.15) is 0 Å². The van der Waals surface area contributed by atoms with Crippen LogP contribution in [0.25, 0.3) is 0 Å². The van der Waals surface area contributed by atoms with E-state index in [1.54, 1.807) is 0 Å². The van der Waals surface area contributed by atoms with Gasteiger partial charge in [0.05, 0.1) is 0 Å². The third kappa shape index (κ3) is 238. The van der Waals surface area contributed by atoms with E-state index in [4.69, 9.17) is 23.9 Å². The molecule has 0 heterocycles. The molecule has 11 heavy (non-hydrogen) atoms. The minimum atomic E-state index is -1.50. The van der Waals surface area contributed by atoms with Crippen LogP contribution in [-0.4, -0.2) is 82.0 Å². The molecule has 11 heteroatoms. The molecule has 3 N–H and O–H groups in total. The fraction of sp³-hybridized carbons (Fsp3) is 0. The minimum absolute atomic E-state index is 0. The molecule has 0 saturated heterocycles. The first-order valence-corrected chi connectivity index (χ1v) is 4.45. The van der Waals surface area contributed by atoms with E-state index in [9.17, 15) is 0 Å². The van der Waals surface area contributed by atoms with Crippen LogP contribution in [0, 0.1) is 35.6 Å². The summed E-state index contributed by atoms with van der Waals surface area (Å²) >= 11 is -4.50. The first-order chi connectivity index (χ1) is 4.24. The van der Waals surface area contributed by atoms with E-state index in [1.807, 2.05) is 0 Å². The van der Waals surface area contributed by atoms with Crippen LogP contribution in [0.1, 0.15) is 0 Å². The molecule has 55 valence electrons. The van der Waals surface area contributed by atoms with Gasteiger partial charge in [-0.3, -0.25) is 0 Å². The monoisotopic (exact) mass is 345 g/mol. The Morgan fingerprint density at radius 2 is 0.727 bits per heavy atom. The Morgan fingerprint density at radius 1 is 0.727 bits per heavy atom. The maximum absolute atomic E-state index is 8.57. The molecular formula is H5Al3LaMgO6.